The molecule has 100 valence electrons. The van der Waals surface area contributed by atoms with Gasteiger partial charge < -0.3 is 4.74 Å². The average molecular weight is 267 g/mol. The van der Waals surface area contributed by atoms with Gasteiger partial charge in [-0.05, 0) is 24.6 Å². The number of aryl methyl sites for hydroxylation is 1. The molecular weight excluding hydrogens is 256 g/mol. The summed E-state index contributed by atoms with van der Waals surface area (Å²) in [6.07, 6.45) is 0. The lowest BCUT2D eigenvalue weighted by molar-refractivity contribution is 0.0287. The van der Waals surface area contributed by atoms with Gasteiger partial charge in [0.1, 0.15) is 11.4 Å². The zero-order chi connectivity index (χ0) is 14.0. The van der Waals surface area contributed by atoms with Gasteiger partial charge in [0, 0.05) is 12.1 Å². The Bertz CT molecular complexity index is 579. The first-order chi connectivity index (χ1) is 8.97. The minimum absolute atomic E-state index is 0.287. The van der Waals surface area contributed by atoms with E-state index in [4.69, 9.17) is 15.2 Å². The number of anilines is 1. The van der Waals surface area contributed by atoms with Gasteiger partial charge in [-0.1, -0.05) is 12.1 Å². The fourth-order valence-corrected chi connectivity index (χ4v) is 1.56. The molecule has 2 aromatic carbocycles. The predicted molar refractivity (Wildman–Crippen MR) is 63.7 cm³/mol. The molecule has 0 unspecified atom stereocenters. The van der Waals surface area contributed by atoms with Gasteiger partial charge in [0.25, 0.3) is 0 Å². The standard InChI is InChI=1S/C13H11F2NO3/c1-8-3-2-4-10(5-8)19-13-11(14)6-9(16(17)18)7-12(13)15/h2-7,17-18H,1H3. The summed E-state index contributed by atoms with van der Waals surface area (Å²) in [7, 11) is 0. The number of hydrogen-bond donors (Lipinski definition) is 2. The number of hydrogen-bond acceptors (Lipinski definition) is 4. The number of nitrogens with zero attached hydrogens (tertiary/aromatic N) is 1. The van der Waals surface area contributed by atoms with E-state index in [0.717, 1.165) is 17.7 Å². The summed E-state index contributed by atoms with van der Waals surface area (Å²) in [4.78, 5) is 0. The van der Waals surface area contributed by atoms with Gasteiger partial charge >= 0.3 is 0 Å². The number of rotatable bonds is 3. The molecule has 0 aliphatic carbocycles. The molecule has 0 saturated heterocycles. The third-order valence-electron chi connectivity index (χ3n) is 2.42. The fraction of sp³-hybridized carbons (Fsp3) is 0.0769. The summed E-state index contributed by atoms with van der Waals surface area (Å²) >= 11 is 0. The van der Waals surface area contributed by atoms with Gasteiger partial charge in [0.15, 0.2) is 17.4 Å². The highest BCUT2D eigenvalue weighted by Crippen LogP contribution is 2.31. The van der Waals surface area contributed by atoms with Crippen molar-refractivity contribution in [2.75, 3.05) is 5.23 Å². The summed E-state index contributed by atoms with van der Waals surface area (Å²) in [5, 5.41) is 17.0. The Morgan fingerprint density at radius 1 is 1.05 bits per heavy atom. The van der Waals surface area contributed by atoms with E-state index in [1.165, 1.54) is 0 Å². The van der Waals surface area contributed by atoms with Crippen LogP contribution in [0.3, 0.4) is 0 Å². The van der Waals surface area contributed by atoms with Crippen molar-refractivity contribution >= 4 is 5.69 Å². The summed E-state index contributed by atoms with van der Waals surface area (Å²) in [6.45, 7) is 1.82. The van der Waals surface area contributed by atoms with E-state index in [9.17, 15) is 8.78 Å². The topological polar surface area (TPSA) is 52.9 Å². The SMILES string of the molecule is Cc1cccc(Oc2c(F)cc(N(O)O)cc2F)c1. The van der Waals surface area contributed by atoms with E-state index in [-0.39, 0.29) is 11.0 Å². The van der Waals surface area contributed by atoms with Gasteiger partial charge in [-0.3, -0.25) is 10.4 Å². The Labute approximate surface area is 108 Å². The highest BCUT2D eigenvalue weighted by atomic mass is 19.1. The third kappa shape index (κ3) is 2.98. The van der Waals surface area contributed by atoms with Gasteiger partial charge in [0.2, 0.25) is 0 Å². The molecule has 0 amide bonds. The van der Waals surface area contributed by atoms with Crippen LogP contribution in [0.15, 0.2) is 36.4 Å². The molecule has 0 atom stereocenters. The van der Waals surface area contributed by atoms with Gasteiger partial charge in [-0.25, -0.2) is 8.78 Å². The fourth-order valence-electron chi connectivity index (χ4n) is 1.56. The molecule has 4 nitrogen and oxygen atoms in total. The van der Waals surface area contributed by atoms with Gasteiger partial charge in [-0.15, -0.1) is 5.23 Å². The quantitative estimate of drug-likeness (QED) is 0.833. The predicted octanol–water partition coefficient (Wildman–Crippen LogP) is 3.65. The first-order valence-corrected chi connectivity index (χ1v) is 5.39. The largest absolute Gasteiger partial charge is 0.451 e. The minimum Gasteiger partial charge on any atom is -0.451 e. The first-order valence-electron chi connectivity index (χ1n) is 5.39. The van der Waals surface area contributed by atoms with Crippen molar-refractivity contribution in [3.05, 3.63) is 53.6 Å². The Morgan fingerprint density at radius 3 is 2.21 bits per heavy atom. The Balaban J connectivity index is 2.35. The molecule has 6 heteroatoms. The van der Waals surface area contributed by atoms with Crippen molar-refractivity contribution in [1.82, 2.24) is 0 Å². The molecule has 2 aromatic rings. The summed E-state index contributed by atoms with van der Waals surface area (Å²) in [6, 6.07) is 8.18. The van der Waals surface area contributed by atoms with Crippen LogP contribution in [-0.4, -0.2) is 10.4 Å². The van der Waals surface area contributed by atoms with Crippen molar-refractivity contribution in [2.24, 2.45) is 0 Å². The molecule has 0 heterocycles. The number of halogens is 2. The summed E-state index contributed by atoms with van der Waals surface area (Å²) in [5.74, 6) is -2.39. The number of benzene rings is 2. The molecule has 0 fully saturated rings. The molecule has 0 aliphatic rings. The van der Waals surface area contributed by atoms with Crippen molar-refractivity contribution < 1.29 is 23.9 Å². The molecule has 0 bridgehead atoms. The van der Waals surface area contributed by atoms with E-state index in [1.807, 2.05) is 13.0 Å². The average Bonchev–Trinajstić information content (AvgIpc) is 2.33. The highest BCUT2D eigenvalue weighted by Gasteiger charge is 2.15. The lowest BCUT2D eigenvalue weighted by atomic mass is 10.2. The van der Waals surface area contributed by atoms with Crippen LogP contribution in [0.1, 0.15) is 5.56 Å². The smallest absolute Gasteiger partial charge is 0.198 e. The molecule has 2 rings (SSSR count). The molecule has 19 heavy (non-hydrogen) atoms. The second kappa shape index (κ2) is 5.21. The molecule has 2 N–H and O–H groups in total. The zero-order valence-corrected chi connectivity index (χ0v) is 9.97. The van der Waals surface area contributed by atoms with Crippen LogP contribution in [0.25, 0.3) is 0 Å². The monoisotopic (exact) mass is 267 g/mol. The van der Waals surface area contributed by atoms with E-state index >= 15 is 0 Å². The van der Waals surface area contributed by atoms with E-state index in [0.29, 0.717) is 0 Å². The molecule has 0 radical (unpaired) electrons. The van der Waals surface area contributed by atoms with Crippen molar-refractivity contribution in [2.45, 2.75) is 6.92 Å². The van der Waals surface area contributed by atoms with E-state index in [1.54, 1.807) is 18.2 Å². The lowest BCUT2D eigenvalue weighted by Crippen LogP contribution is -2.11. The van der Waals surface area contributed by atoms with Crippen molar-refractivity contribution in [3.8, 4) is 11.5 Å². The zero-order valence-electron chi connectivity index (χ0n) is 9.97. The van der Waals surface area contributed by atoms with Crippen molar-refractivity contribution in [1.29, 1.82) is 0 Å². The van der Waals surface area contributed by atoms with E-state index < -0.39 is 23.1 Å². The van der Waals surface area contributed by atoms with Gasteiger partial charge in [-0.2, -0.15) is 0 Å². The molecule has 0 aromatic heterocycles. The van der Waals surface area contributed by atoms with Crippen molar-refractivity contribution in [3.63, 3.8) is 0 Å². The Kier molecular flexibility index (Phi) is 3.64. The molecule has 0 aliphatic heterocycles. The van der Waals surface area contributed by atoms with E-state index in [2.05, 4.69) is 0 Å². The molecular formula is C13H11F2NO3. The second-order valence-corrected chi connectivity index (χ2v) is 3.95. The van der Waals surface area contributed by atoms with Crippen LogP contribution in [0.4, 0.5) is 14.5 Å². The van der Waals surface area contributed by atoms with Crippen LogP contribution in [0, 0.1) is 18.6 Å². The Morgan fingerprint density at radius 2 is 1.68 bits per heavy atom. The number of ether oxygens (including phenoxy) is 1. The minimum atomic E-state index is -1.04. The van der Waals surface area contributed by atoms with Crippen LogP contribution in [0.5, 0.6) is 11.5 Å². The maximum atomic E-state index is 13.6. The van der Waals surface area contributed by atoms with Crippen LogP contribution in [0.2, 0.25) is 0 Å². The van der Waals surface area contributed by atoms with Gasteiger partial charge in [0.05, 0.1) is 0 Å². The highest BCUT2D eigenvalue weighted by molar-refractivity contribution is 5.48. The first kappa shape index (κ1) is 13.3. The third-order valence-corrected chi connectivity index (χ3v) is 2.42. The second-order valence-electron chi connectivity index (χ2n) is 3.95. The van der Waals surface area contributed by atoms with Crippen LogP contribution < -0.4 is 9.96 Å². The molecule has 0 spiro atoms. The van der Waals surface area contributed by atoms with Crippen LogP contribution >= 0.6 is 0 Å². The summed E-state index contributed by atoms with van der Waals surface area (Å²) in [5.41, 5.74) is 0.443. The normalized spacial score (nSPS) is 10.4. The maximum Gasteiger partial charge on any atom is 0.198 e. The maximum absolute atomic E-state index is 13.6. The lowest BCUT2D eigenvalue weighted by Gasteiger charge is -2.12. The summed E-state index contributed by atoms with van der Waals surface area (Å²) < 4.78 is 32.4. The Hall–Kier alpha value is -2.18. The molecule has 0 saturated carbocycles. The van der Waals surface area contributed by atoms with Crippen LogP contribution in [-0.2, 0) is 0 Å².